The fourth-order valence-corrected chi connectivity index (χ4v) is 2.11. The highest BCUT2D eigenvalue weighted by atomic mass is 16.1. The molecule has 3 heteroatoms. The number of hydrogen-bond donors (Lipinski definition) is 0. The second-order valence-electron chi connectivity index (χ2n) is 4.70. The molecule has 19 heavy (non-hydrogen) atoms. The second-order valence-corrected chi connectivity index (χ2v) is 4.70. The number of benzene rings is 1. The van der Waals surface area contributed by atoms with Crippen molar-refractivity contribution in [2.24, 2.45) is 0 Å². The van der Waals surface area contributed by atoms with Gasteiger partial charge in [0.1, 0.15) is 5.82 Å². The molecule has 1 aromatic heterocycles. The van der Waals surface area contributed by atoms with Crippen LogP contribution in [-0.2, 0) is 19.4 Å². The highest BCUT2D eigenvalue weighted by Crippen LogP contribution is 2.09. The number of carbonyl (C=O) groups excluding carboxylic acids is 1. The van der Waals surface area contributed by atoms with E-state index in [9.17, 15) is 4.79 Å². The van der Waals surface area contributed by atoms with E-state index in [2.05, 4.69) is 18.8 Å². The minimum atomic E-state index is 0.137. The van der Waals surface area contributed by atoms with E-state index in [1.54, 1.807) is 6.20 Å². The average molecular weight is 256 g/mol. The number of aryl methyl sites for hydroxylation is 2. The molecule has 100 valence electrons. The van der Waals surface area contributed by atoms with Gasteiger partial charge < -0.3 is 4.57 Å². The molecule has 0 radical (unpaired) electrons. The van der Waals surface area contributed by atoms with Crippen LogP contribution < -0.4 is 0 Å². The molecule has 0 bridgehead atoms. The first-order valence-corrected chi connectivity index (χ1v) is 6.86. The van der Waals surface area contributed by atoms with E-state index in [4.69, 9.17) is 0 Å². The zero-order valence-corrected chi connectivity index (χ0v) is 11.6. The van der Waals surface area contributed by atoms with Crippen LogP contribution in [0.25, 0.3) is 0 Å². The molecule has 0 aliphatic carbocycles. The Bertz CT molecular complexity index is 540. The van der Waals surface area contributed by atoms with Crippen molar-refractivity contribution < 1.29 is 4.79 Å². The van der Waals surface area contributed by atoms with E-state index in [0.29, 0.717) is 6.54 Å². The maximum Gasteiger partial charge on any atom is 0.182 e. The highest BCUT2D eigenvalue weighted by molar-refractivity contribution is 5.95. The largest absolute Gasteiger partial charge is 0.327 e. The maximum atomic E-state index is 12.2. The van der Waals surface area contributed by atoms with Gasteiger partial charge in [0, 0.05) is 24.4 Å². The Labute approximate surface area is 114 Å². The summed E-state index contributed by atoms with van der Waals surface area (Å²) in [4.78, 5) is 16.5. The Kier molecular flexibility index (Phi) is 4.50. The first-order valence-electron chi connectivity index (χ1n) is 6.86. The highest BCUT2D eigenvalue weighted by Gasteiger charge is 2.09. The minimum Gasteiger partial charge on any atom is -0.327 e. The lowest BCUT2D eigenvalue weighted by molar-refractivity contribution is 0.0971. The van der Waals surface area contributed by atoms with Crippen molar-refractivity contribution in [3.63, 3.8) is 0 Å². The van der Waals surface area contributed by atoms with Gasteiger partial charge in [0.15, 0.2) is 5.78 Å². The fourth-order valence-electron chi connectivity index (χ4n) is 2.11. The molecule has 0 aliphatic rings. The van der Waals surface area contributed by atoms with Gasteiger partial charge in [-0.25, -0.2) is 4.98 Å². The molecular formula is C16H20N2O. The van der Waals surface area contributed by atoms with Crippen molar-refractivity contribution in [3.8, 4) is 0 Å². The molecule has 0 saturated heterocycles. The zero-order valence-electron chi connectivity index (χ0n) is 11.6. The van der Waals surface area contributed by atoms with Gasteiger partial charge in [-0.3, -0.25) is 4.79 Å². The predicted molar refractivity (Wildman–Crippen MR) is 76.4 cm³/mol. The first kappa shape index (κ1) is 13.5. The number of hydrogen-bond acceptors (Lipinski definition) is 2. The summed E-state index contributed by atoms with van der Waals surface area (Å²) in [6, 6.07) is 7.87. The first-order chi connectivity index (χ1) is 9.24. The third-order valence-electron chi connectivity index (χ3n) is 3.27. The molecule has 0 spiro atoms. The lowest BCUT2D eigenvalue weighted by atomic mass is 10.1. The number of rotatable bonds is 6. The van der Waals surface area contributed by atoms with E-state index >= 15 is 0 Å². The zero-order chi connectivity index (χ0) is 13.7. The van der Waals surface area contributed by atoms with E-state index in [-0.39, 0.29) is 5.78 Å². The Morgan fingerprint density at radius 2 is 1.95 bits per heavy atom. The van der Waals surface area contributed by atoms with Gasteiger partial charge in [0.2, 0.25) is 0 Å². The second kappa shape index (κ2) is 6.32. The van der Waals surface area contributed by atoms with E-state index in [0.717, 1.165) is 30.7 Å². The summed E-state index contributed by atoms with van der Waals surface area (Å²) >= 11 is 0. The standard InChI is InChI=1S/C16H20N2O/c1-3-5-16-17-10-11-18(16)12-15(19)14-8-6-13(4-2)7-9-14/h6-11H,3-5,12H2,1-2H3. The fraction of sp³-hybridized carbons (Fsp3) is 0.375. The minimum absolute atomic E-state index is 0.137. The normalized spacial score (nSPS) is 10.6. The van der Waals surface area contributed by atoms with Crippen LogP contribution in [0.2, 0.25) is 0 Å². The van der Waals surface area contributed by atoms with Gasteiger partial charge in [0.25, 0.3) is 0 Å². The summed E-state index contributed by atoms with van der Waals surface area (Å²) < 4.78 is 1.94. The maximum absolute atomic E-state index is 12.2. The van der Waals surface area contributed by atoms with Crippen molar-refractivity contribution in [1.29, 1.82) is 0 Å². The molecule has 1 heterocycles. The van der Waals surface area contributed by atoms with E-state index in [1.807, 2.05) is 35.0 Å². The summed E-state index contributed by atoms with van der Waals surface area (Å²) in [6.07, 6.45) is 6.59. The summed E-state index contributed by atoms with van der Waals surface area (Å²) in [7, 11) is 0. The van der Waals surface area contributed by atoms with Gasteiger partial charge in [-0.15, -0.1) is 0 Å². The molecule has 0 atom stereocenters. The average Bonchev–Trinajstić information content (AvgIpc) is 2.86. The Morgan fingerprint density at radius 1 is 1.21 bits per heavy atom. The molecular weight excluding hydrogens is 236 g/mol. The molecule has 1 aromatic carbocycles. The number of nitrogens with zero attached hydrogens (tertiary/aromatic N) is 2. The van der Waals surface area contributed by atoms with E-state index in [1.165, 1.54) is 5.56 Å². The van der Waals surface area contributed by atoms with Crippen molar-refractivity contribution in [3.05, 3.63) is 53.6 Å². The van der Waals surface area contributed by atoms with Crippen LogP contribution >= 0.6 is 0 Å². The molecule has 3 nitrogen and oxygen atoms in total. The van der Waals surface area contributed by atoms with Crippen LogP contribution in [-0.4, -0.2) is 15.3 Å². The van der Waals surface area contributed by atoms with Crippen molar-refractivity contribution in [2.75, 3.05) is 0 Å². The van der Waals surface area contributed by atoms with Crippen molar-refractivity contribution in [1.82, 2.24) is 9.55 Å². The third kappa shape index (κ3) is 3.31. The topological polar surface area (TPSA) is 34.9 Å². The SMILES string of the molecule is CCCc1nccn1CC(=O)c1ccc(CC)cc1. The number of aromatic nitrogens is 2. The van der Waals surface area contributed by atoms with Crippen LogP contribution in [0.15, 0.2) is 36.7 Å². The van der Waals surface area contributed by atoms with Crippen LogP contribution in [0.3, 0.4) is 0 Å². The summed E-state index contributed by atoms with van der Waals surface area (Å²) in [5.41, 5.74) is 2.03. The molecule has 0 amide bonds. The molecule has 0 aliphatic heterocycles. The van der Waals surface area contributed by atoms with E-state index < -0.39 is 0 Å². The smallest absolute Gasteiger partial charge is 0.182 e. The summed E-state index contributed by atoms with van der Waals surface area (Å²) in [5.74, 6) is 1.12. The summed E-state index contributed by atoms with van der Waals surface area (Å²) in [5, 5.41) is 0. The lowest BCUT2D eigenvalue weighted by Gasteiger charge is -2.07. The van der Waals surface area contributed by atoms with Crippen LogP contribution in [0, 0.1) is 0 Å². The molecule has 0 unspecified atom stereocenters. The van der Waals surface area contributed by atoms with Crippen LogP contribution in [0.5, 0.6) is 0 Å². The molecule has 0 fully saturated rings. The van der Waals surface area contributed by atoms with Gasteiger partial charge >= 0.3 is 0 Å². The summed E-state index contributed by atoms with van der Waals surface area (Å²) in [6.45, 7) is 4.60. The quantitative estimate of drug-likeness (QED) is 0.743. The van der Waals surface area contributed by atoms with Crippen molar-refractivity contribution >= 4 is 5.78 Å². The Hall–Kier alpha value is -1.90. The monoisotopic (exact) mass is 256 g/mol. The Morgan fingerprint density at radius 3 is 2.58 bits per heavy atom. The number of Topliss-reactive ketones (excluding diaryl/α,β-unsaturated/α-hetero) is 1. The molecule has 2 rings (SSSR count). The third-order valence-corrected chi connectivity index (χ3v) is 3.27. The number of carbonyl (C=O) groups is 1. The van der Waals surface area contributed by atoms with Crippen LogP contribution in [0.1, 0.15) is 42.0 Å². The number of imidazole rings is 1. The molecule has 0 N–H and O–H groups in total. The van der Waals surface area contributed by atoms with Gasteiger partial charge in [0.05, 0.1) is 6.54 Å². The van der Waals surface area contributed by atoms with Gasteiger partial charge in [-0.1, -0.05) is 38.1 Å². The number of ketones is 1. The van der Waals surface area contributed by atoms with Gasteiger partial charge in [-0.2, -0.15) is 0 Å². The van der Waals surface area contributed by atoms with Crippen LogP contribution in [0.4, 0.5) is 0 Å². The van der Waals surface area contributed by atoms with Crippen molar-refractivity contribution in [2.45, 2.75) is 39.7 Å². The van der Waals surface area contributed by atoms with Gasteiger partial charge in [-0.05, 0) is 18.4 Å². The molecule has 0 saturated carbocycles. The Balaban J connectivity index is 2.09. The predicted octanol–water partition coefficient (Wildman–Crippen LogP) is 3.28. The lowest BCUT2D eigenvalue weighted by Crippen LogP contribution is -2.12. The molecule has 2 aromatic rings.